The molecular formula is C28H23N3O3. The van der Waals surface area contributed by atoms with Crippen LogP contribution < -0.4 is 15.5 Å². The van der Waals surface area contributed by atoms with E-state index in [0.717, 1.165) is 21.9 Å². The fourth-order valence-electron chi connectivity index (χ4n) is 4.28. The highest BCUT2D eigenvalue weighted by Gasteiger charge is 2.28. The Kier molecular flexibility index (Phi) is 5.55. The van der Waals surface area contributed by atoms with E-state index in [1.165, 1.54) is 0 Å². The van der Waals surface area contributed by atoms with Gasteiger partial charge < -0.3 is 10.6 Å². The third kappa shape index (κ3) is 4.13. The highest BCUT2D eigenvalue weighted by atomic mass is 16.2. The standard InChI is InChI=1S/C28H23N3O3/c1-18-6-2-3-8-20(18)16-25(32)29-21-11-13-22(14-12-21)31-24-15-10-19-7-4-5-9-23(19)28(24)30-26(33)17-27(31)34/h2-15H,16-17H2,1H3,(H,29,32)(H,30,33). The average molecular weight is 450 g/mol. The first-order valence-electron chi connectivity index (χ1n) is 11.1. The Morgan fingerprint density at radius 2 is 1.65 bits per heavy atom. The average Bonchev–Trinajstić information content (AvgIpc) is 2.95. The summed E-state index contributed by atoms with van der Waals surface area (Å²) in [5.74, 6) is -0.771. The van der Waals surface area contributed by atoms with Gasteiger partial charge in [0.25, 0.3) is 0 Å². The molecule has 2 N–H and O–H groups in total. The summed E-state index contributed by atoms with van der Waals surface area (Å²) in [6, 6.07) is 26.4. The summed E-state index contributed by atoms with van der Waals surface area (Å²) >= 11 is 0. The number of carbonyl (C=O) groups excluding carboxylic acids is 3. The molecule has 0 fully saturated rings. The number of benzene rings is 4. The normalized spacial score (nSPS) is 13.3. The lowest BCUT2D eigenvalue weighted by Crippen LogP contribution is -2.26. The van der Waals surface area contributed by atoms with Crippen LogP contribution in [0.4, 0.5) is 22.7 Å². The predicted molar refractivity (Wildman–Crippen MR) is 134 cm³/mol. The van der Waals surface area contributed by atoms with Gasteiger partial charge in [0.1, 0.15) is 6.42 Å². The zero-order valence-electron chi connectivity index (χ0n) is 18.7. The Morgan fingerprint density at radius 1 is 0.912 bits per heavy atom. The summed E-state index contributed by atoms with van der Waals surface area (Å²) in [6.45, 7) is 1.98. The molecule has 0 saturated heterocycles. The molecule has 0 aliphatic carbocycles. The van der Waals surface area contributed by atoms with Crippen LogP contribution in [0.25, 0.3) is 10.8 Å². The topological polar surface area (TPSA) is 78.5 Å². The summed E-state index contributed by atoms with van der Waals surface area (Å²) < 4.78 is 0. The second-order valence-corrected chi connectivity index (χ2v) is 8.33. The summed E-state index contributed by atoms with van der Waals surface area (Å²) in [5.41, 5.74) is 4.54. The number of anilines is 4. The zero-order valence-corrected chi connectivity index (χ0v) is 18.7. The molecule has 1 aliphatic heterocycles. The molecule has 4 aromatic carbocycles. The highest BCUT2D eigenvalue weighted by Crippen LogP contribution is 2.40. The lowest BCUT2D eigenvalue weighted by Gasteiger charge is -2.23. The molecule has 4 aromatic rings. The smallest absolute Gasteiger partial charge is 0.241 e. The minimum Gasteiger partial charge on any atom is -0.326 e. The molecule has 0 unspecified atom stereocenters. The molecule has 0 spiro atoms. The first-order chi connectivity index (χ1) is 16.5. The van der Waals surface area contributed by atoms with Crippen molar-refractivity contribution in [1.29, 1.82) is 0 Å². The second kappa shape index (κ2) is 8.83. The maximum Gasteiger partial charge on any atom is 0.241 e. The maximum atomic E-state index is 13.0. The first kappa shape index (κ1) is 21.4. The van der Waals surface area contributed by atoms with Crippen LogP contribution >= 0.6 is 0 Å². The molecule has 5 rings (SSSR count). The van der Waals surface area contributed by atoms with Crippen molar-refractivity contribution in [3.63, 3.8) is 0 Å². The summed E-state index contributed by atoms with van der Waals surface area (Å²) in [7, 11) is 0. The number of fused-ring (bicyclic) bond motifs is 3. The largest absolute Gasteiger partial charge is 0.326 e. The van der Waals surface area contributed by atoms with Gasteiger partial charge in [0.2, 0.25) is 17.7 Å². The van der Waals surface area contributed by atoms with E-state index < -0.39 is 0 Å². The van der Waals surface area contributed by atoms with Crippen molar-refractivity contribution in [2.45, 2.75) is 19.8 Å². The van der Waals surface area contributed by atoms with E-state index in [-0.39, 0.29) is 30.6 Å². The molecular weight excluding hydrogens is 426 g/mol. The number of nitrogens with one attached hydrogen (secondary N) is 2. The lowest BCUT2D eigenvalue weighted by atomic mass is 10.1. The third-order valence-corrected chi connectivity index (χ3v) is 6.00. The minimum absolute atomic E-state index is 0.112. The molecule has 3 amide bonds. The van der Waals surface area contributed by atoms with Crippen molar-refractivity contribution in [3.05, 3.63) is 96.1 Å². The summed E-state index contributed by atoms with van der Waals surface area (Å²) in [6.07, 6.45) is 0.0329. The monoisotopic (exact) mass is 449 g/mol. The Morgan fingerprint density at radius 3 is 2.44 bits per heavy atom. The Hall–Kier alpha value is -4.45. The van der Waals surface area contributed by atoms with Crippen molar-refractivity contribution in [1.82, 2.24) is 0 Å². The first-order valence-corrected chi connectivity index (χ1v) is 11.1. The predicted octanol–water partition coefficient (Wildman–Crippen LogP) is 5.34. The van der Waals surface area contributed by atoms with Crippen molar-refractivity contribution >= 4 is 51.2 Å². The number of hydrogen-bond acceptors (Lipinski definition) is 3. The fourth-order valence-corrected chi connectivity index (χ4v) is 4.28. The number of aryl methyl sites for hydroxylation is 1. The molecule has 6 heteroatoms. The van der Waals surface area contributed by atoms with Gasteiger partial charge in [-0.2, -0.15) is 0 Å². The van der Waals surface area contributed by atoms with E-state index in [1.807, 2.05) is 67.6 Å². The summed E-state index contributed by atoms with van der Waals surface area (Å²) in [4.78, 5) is 39.5. The van der Waals surface area contributed by atoms with Crippen LogP contribution in [0.5, 0.6) is 0 Å². The van der Waals surface area contributed by atoms with Crippen molar-refractivity contribution < 1.29 is 14.4 Å². The van der Waals surface area contributed by atoms with Gasteiger partial charge in [0.05, 0.1) is 17.8 Å². The van der Waals surface area contributed by atoms with Crippen LogP contribution in [0.15, 0.2) is 84.9 Å². The van der Waals surface area contributed by atoms with Gasteiger partial charge in [-0.05, 0) is 53.8 Å². The molecule has 1 heterocycles. The zero-order chi connectivity index (χ0) is 23.7. The lowest BCUT2D eigenvalue weighted by molar-refractivity contribution is -0.124. The Bertz CT molecular complexity index is 1430. The Balaban J connectivity index is 1.43. The molecule has 168 valence electrons. The number of rotatable bonds is 4. The Labute approximate surface area is 197 Å². The van der Waals surface area contributed by atoms with Crippen LogP contribution in [-0.4, -0.2) is 17.7 Å². The van der Waals surface area contributed by atoms with Crippen LogP contribution in [0.1, 0.15) is 17.5 Å². The van der Waals surface area contributed by atoms with E-state index in [1.54, 1.807) is 29.2 Å². The maximum absolute atomic E-state index is 13.0. The van der Waals surface area contributed by atoms with E-state index in [4.69, 9.17) is 0 Å². The highest BCUT2D eigenvalue weighted by molar-refractivity contribution is 6.21. The minimum atomic E-state index is -0.342. The molecule has 1 aliphatic rings. The van der Waals surface area contributed by atoms with E-state index in [0.29, 0.717) is 22.7 Å². The van der Waals surface area contributed by atoms with Crippen LogP contribution in [0, 0.1) is 6.92 Å². The van der Waals surface area contributed by atoms with Crippen molar-refractivity contribution in [2.24, 2.45) is 0 Å². The van der Waals surface area contributed by atoms with Gasteiger partial charge in [-0.25, -0.2) is 0 Å². The number of hydrogen-bond donors (Lipinski definition) is 2. The van der Waals surface area contributed by atoms with Gasteiger partial charge in [-0.1, -0.05) is 54.6 Å². The van der Waals surface area contributed by atoms with Crippen LogP contribution in [0.2, 0.25) is 0 Å². The van der Waals surface area contributed by atoms with Gasteiger partial charge >= 0.3 is 0 Å². The number of carbonyl (C=O) groups is 3. The van der Waals surface area contributed by atoms with E-state index >= 15 is 0 Å². The second-order valence-electron chi connectivity index (χ2n) is 8.33. The fraction of sp³-hybridized carbons (Fsp3) is 0.107. The molecule has 0 radical (unpaired) electrons. The van der Waals surface area contributed by atoms with Crippen molar-refractivity contribution in [2.75, 3.05) is 15.5 Å². The van der Waals surface area contributed by atoms with Gasteiger partial charge in [0.15, 0.2) is 0 Å². The van der Waals surface area contributed by atoms with Gasteiger partial charge in [0, 0.05) is 16.8 Å². The van der Waals surface area contributed by atoms with Crippen molar-refractivity contribution in [3.8, 4) is 0 Å². The van der Waals surface area contributed by atoms with E-state index in [9.17, 15) is 14.4 Å². The number of amides is 3. The van der Waals surface area contributed by atoms with Gasteiger partial charge in [-0.15, -0.1) is 0 Å². The third-order valence-electron chi connectivity index (χ3n) is 6.00. The molecule has 0 saturated carbocycles. The molecule has 34 heavy (non-hydrogen) atoms. The van der Waals surface area contributed by atoms with Gasteiger partial charge in [-0.3, -0.25) is 19.3 Å². The molecule has 0 atom stereocenters. The number of nitrogens with zero attached hydrogens (tertiary/aromatic N) is 1. The molecule has 0 aromatic heterocycles. The van der Waals surface area contributed by atoms with Crippen LogP contribution in [0.3, 0.4) is 0 Å². The molecule has 6 nitrogen and oxygen atoms in total. The van der Waals surface area contributed by atoms with E-state index in [2.05, 4.69) is 10.6 Å². The SMILES string of the molecule is Cc1ccccc1CC(=O)Nc1ccc(N2C(=O)CC(=O)Nc3c2ccc2ccccc32)cc1. The quantitative estimate of drug-likeness (QED) is 0.413. The molecule has 0 bridgehead atoms. The summed E-state index contributed by atoms with van der Waals surface area (Å²) in [5, 5.41) is 7.66. The van der Waals surface area contributed by atoms with Crippen LogP contribution in [-0.2, 0) is 20.8 Å².